The van der Waals surface area contributed by atoms with Crippen LogP contribution in [0.3, 0.4) is 0 Å². The van der Waals surface area contributed by atoms with Gasteiger partial charge in [0.1, 0.15) is 23.9 Å². The molecule has 0 fully saturated rings. The van der Waals surface area contributed by atoms with E-state index in [4.69, 9.17) is 30.9 Å². The molecular weight excluding hydrogens is 510 g/mol. The third-order valence-electron chi connectivity index (χ3n) is 5.62. The highest BCUT2D eigenvalue weighted by Gasteiger charge is 2.24. The zero-order chi connectivity index (χ0) is 27.9. The molecular formula is C27H34ClN5O5. The van der Waals surface area contributed by atoms with Crippen LogP contribution in [0.1, 0.15) is 26.5 Å². The average Bonchev–Trinajstić information content (AvgIpc) is 3.30. The summed E-state index contributed by atoms with van der Waals surface area (Å²) in [6.07, 6.45) is 0. The van der Waals surface area contributed by atoms with Crippen LogP contribution >= 0.6 is 11.6 Å². The van der Waals surface area contributed by atoms with E-state index in [2.05, 4.69) is 10.6 Å². The molecule has 3 rings (SSSR count). The minimum atomic E-state index is -0.484. The summed E-state index contributed by atoms with van der Waals surface area (Å²) in [6.45, 7) is 6.30. The summed E-state index contributed by atoms with van der Waals surface area (Å²) >= 11 is 6.43. The van der Waals surface area contributed by atoms with E-state index >= 15 is 0 Å². The fourth-order valence-corrected chi connectivity index (χ4v) is 3.75. The Balaban J connectivity index is 1.83. The number of hydrogen-bond donors (Lipinski definition) is 2. The average molecular weight is 544 g/mol. The van der Waals surface area contributed by atoms with E-state index < -0.39 is 11.9 Å². The summed E-state index contributed by atoms with van der Waals surface area (Å²) < 4.78 is 17.3. The number of methoxy groups -OCH3 is 3. The van der Waals surface area contributed by atoms with Crippen molar-refractivity contribution < 1.29 is 23.8 Å². The number of carbonyl (C=O) groups is 2. The second kappa shape index (κ2) is 12.7. The van der Waals surface area contributed by atoms with Gasteiger partial charge in [-0.05, 0) is 12.1 Å². The summed E-state index contributed by atoms with van der Waals surface area (Å²) in [7, 11) is 4.57. The van der Waals surface area contributed by atoms with E-state index in [0.717, 1.165) is 5.69 Å². The van der Waals surface area contributed by atoms with Gasteiger partial charge < -0.3 is 29.7 Å². The predicted octanol–water partition coefficient (Wildman–Crippen LogP) is 4.96. The number of aromatic nitrogens is 2. The predicted molar refractivity (Wildman–Crippen MR) is 148 cm³/mol. The second-order valence-corrected chi connectivity index (χ2v) is 9.93. The largest absolute Gasteiger partial charge is 0.497 e. The number of hydrogen-bond acceptors (Lipinski definition) is 6. The first kappa shape index (κ1) is 28.8. The molecule has 38 heavy (non-hydrogen) atoms. The van der Waals surface area contributed by atoms with Crippen molar-refractivity contribution in [3.8, 4) is 17.2 Å². The Hall–Kier alpha value is -3.76. The van der Waals surface area contributed by atoms with Gasteiger partial charge in [0.2, 0.25) is 5.91 Å². The van der Waals surface area contributed by atoms with E-state index in [-0.39, 0.29) is 25.1 Å². The Morgan fingerprint density at radius 3 is 2.24 bits per heavy atom. The number of carbonyl (C=O) groups excluding carboxylic acids is 2. The SMILES string of the molecule is COCCN(CC(=O)Nc1cc(C(C)(C)C)nn1-c1ccccc1Cl)C(=O)Nc1cc(OC)cc(OC)c1. The van der Waals surface area contributed by atoms with E-state index in [1.165, 1.54) is 26.2 Å². The lowest BCUT2D eigenvalue weighted by Crippen LogP contribution is -2.42. The minimum Gasteiger partial charge on any atom is -0.497 e. The highest BCUT2D eigenvalue weighted by Crippen LogP contribution is 2.29. The molecule has 3 aromatic rings. The Morgan fingerprint density at radius 2 is 1.66 bits per heavy atom. The maximum atomic E-state index is 13.2. The molecule has 11 heteroatoms. The number of rotatable bonds is 10. The van der Waals surface area contributed by atoms with E-state index in [0.29, 0.717) is 33.7 Å². The summed E-state index contributed by atoms with van der Waals surface area (Å²) in [6, 6.07) is 13.6. The number of halogens is 1. The Bertz CT molecular complexity index is 1250. The molecule has 0 aliphatic carbocycles. The highest BCUT2D eigenvalue weighted by atomic mass is 35.5. The van der Waals surface area contributed by atoms with Gasteiger partial charge in [0.15, 0.2) is 0 Å². The number of benzene rings is 2. The molecule has 1 heterocycles. The molecule has 0 radical (unpaired) electrons. The molecule has 10 nitrogen and oxygen atoms in total. The van der Waals surface area contributed by atoms with Crippen LogP contribution in [-0.4, -0.2) is 67.6 Å². The number of ether oxygens (including phenoxy) is 3. The van der Waals surface area contributed by atoms with Gasteiger partial charge in [-0.3, -0.25) is 4.79 Å². The fourth-order valence-electron chi connectivity index (χ4n) is 3.54. The lowest BCUT2D eigenvalue weighted by atomic mass is 9.92. The molecule has 0 spiro atoms. The first-order valence-electron chi connectivity index (χ1n) is 12.0. The van der Waals surface area contributed by atoms with Gasteiger partial charge >= 0.3 is 6.03 Å². The lowest BCUT2D eigenvalue weighted by Gasteiger charge is -2.23. The highest BCUT2D eigenvalue weighted by molar-refractivity contribution is 6.32. The Labute approximate surface area is 227 Å². The first-order chi connectivity index (χ1) is 18.0. The van der Waals surface area contributed by atoms with Crippen LogP contribution < -0.4 is 20.1 Å². The van der Waals surface area contributed by atoms with Gasteiger partial charge in [0.05, 0.1) is 37.2 Å². The molecule has 2 N–H and O–H groups in total. The first-order valence-corrected chi connectivity index (χ1v) is 12.4. The molecule has 0 saturated heterocycles. The van der Waals surface area contributed by atoms with Crippen molar-refractivity contribution in [1.82, 2.24) is 14.7 Å². The molecule has 0 unspecified atom stereocenters. The number of nitrogens with zero attached hydrogens (tertiary/aromatic N) is 3. The van der Waals surface area contributed by atoms with E-state index in [1.807, 2.05) is 45.0 Å². The van der Waals surface area contributed by atoms with E-state index in [9.17, 15) is 9.59 Å². The molecule has 2 aromatic carbocycles. The quantitative estimate of drug-likeness (QED) is 0.374. The summed E-state index contributed by atoms with van der Waals surface area (Å²) in [5.41, 5.74) is 1.59. The van der Waals surface area contributed by atoms with Crippen LogP contribution in [0.5, 0.6) is 11.5 Å². The van der Waals surface area contributed by atoms with Gasteiger partial charge in [0, 0.05) is 49.0 Å². The van der Waals surface area contributed by atoms with Crippen LogP contribution in [-0.2, 0) is 14.9 Å². The number of amides is 3. The minimum absolute atomic E-state index is 0.188. The van der Waals surface area contributed by atoms with Crippen molar-refractivity contribution in [1.29, 1.82) is 0 Å². The molecule has 0 aliphatic rings. The molecule has 0 atom stereocenters. The van der Waals surface area contributed by atoms with Crippen LogP contribution in [0.2, 0.25) is 5.02 Å². The zero-order valence-corrected chi connectivity index (χ0v) is 23.3. The van der Waals surface area contributed by atoms with Crippen molar-refractivity contribution in [2.24, 2.45) is 0 Å². The Kier molecular flexibility index (Phi) is 9.60. The molecule has 0 bridgehead atoms. The van der Waals surface area contributed by atoms with Gasteiger partial charge in [-0.15, -0.1) is 0 Å². The standard InChI is InChI=1S/C27H34ClN5O5/c1-27(2,3)23-16-24(33(31-23)22-10-8-7-9-21(22)28)30-25(34)17-32(11-12-36-4)26(35)29-18-13-19(37-5)15-20(14-18)38-6/h7-10,13-16H,11-12,17H2,1-6H3,(H,29,35)(H,30,34). The third kappa shape index (κ3) is 7.39. The van der Waals surface area contributed by atoms with Gasteiger partial charge in [0.25, 0.3) is 0 Å². The van der Waals surface area contributed by atoms with Crippen LogP contribution in [0.4, 0.5) is 16.3 Å². The van der Waals surface area contributed by atoms with Crippen LogP contribution in [0.25, 0.3) is 5.69 Å². The summed E-state index contributed by atoms with van der Waals surface area (Å²) in [5.74, 6) is 1.07. The molecule has 3 amide bonds. The van der Waals surface area contributed by atoms with Crippen molar-refractivity contribution in [2.45, 2.75) is 26.2 Å². The Morgan fingerprint density at radius 1 is 1.00 bits per heavy atom. The molecule has 0 saturated carbocycles. The zero-order valence-electron chi connectivity index (χ0n) is 22.5. The van der Waals surface area contributed by atoms with Crippen molar-refractivity contribution >= 4 is 35.0 Å². The van der Waals surface area contributed by atoms with Crippen molar-refractivity contribution in [3.05, 3.63) is 59.2 Å². The monoisotopic (exact) mass is 543 g/mol. The van der Waals surface area contributed by atoms with Crippen LogP contribution in [0.15, 0.2) is 48.5 Å². The number of urea groups is 1. The maximum Gasteiger partial charge on any atom is 0.322 e. The summed E-state index contributed by atoms with van der Waals surface area (Å²) in [5, 5.41) is 10.9. The summed E-state index contributed by atoms with van der Waals surface area (Å²) in [4.78, 5) is 27.7. The third-order valence-corrected chi connectivity index (χ3v) is 5.94. The topological polar surface area (TPSA) is 107 Å². The smallest absolute Gasteiger partial charge is 0.322 e. The number of nitrogens with one attached hydrogen (secondary N) is 2. The molecule has 204 valence electrons. The number of anilines is 2. The number of para-hydroxylation sites is 1. The molecule has 0 aliphatic heterocycles. The second-order valence-electron chi connectivity index (χ2n) is 9.52. The van der Waals surface area contributed by atoms with Crippen molar-refractivity contribution in [2.75, 3.05) is 51.7 Å². The fraction of sp³-hybridized carbons (Fsp3) is 0.370. The van der Waals surface area contributed by atoms with Crippen LogP contribution in [0, 0.1) is 0 Å². The normalized spacial score (nSPS) is 11.1. The van der Waals surface area contributed by atoms with Gasteiger partial charge in [-0.2, -0.15) is 5.10 Å². The van der Waals surface area contributed by atoms with Gasteiger partial charge in [-0.25, -0.2) is 9.48 Å². The molecule has 1 aromatic heterocycles. The van der Waals surface area contributed by atoms with Crippen molar-refractivity contribution in [3.63, 3.8) is 0 Å². The van der Waals surface area contributed by atoms with E-state index in [1.54, 1.807) is 28.9 Å². The van der Waals surface area contributed by atoms with Gasteiger partial charge in [-0.1, -0.05) is 44.5 Å². The maximum absolute atomic E-state index is 13.2. The lowest BCUT2D eigenvalue weighted by molar-refractivity contribution is -0.116.